The van der Waals surface area contributed by atoms with Crippen molar-refractivity contribution in [1.29, 1.82) is 5.26 Å². The second-order valence-corrected chi connectivity index (χ2v) is 8.00. The molecule has 2 rings (SSSR count). The molecule has 1 aliphatic heterocycles. The highest BCUT2D eigenvalue weighted by molar-refractivity contribution is 7.91. The molecule has 108 valence electrons. The van der Waals surface area contributed by atoms with Crippen molar-refractivity contribution in [3.63, 3.8) is 0 Å². The second-order valence-electron chi connectivity index (χ2n) is 4.75. The summed E-state index contributed by atoms with van der Waals surface area (Å²) in [5, 5.41) is 8.75. The van der Waals surface area contributed by atoms with Gasteiger partial charge in [-0.3, -0.25) is 4.79 Å². The number of piperidine rings is 1. The average molecular weight is 313 g/mol. The Morgan fingerprint density at radius 1 is 1.45 bits per heavy atom. The highest BCUT2D eigenvalue weighted by Crippen LogP contribution is 2.28. The number of hydrogen-bond acceptors (Lipinski definition) is 5. The molecule has 20 heavy (non-hydrogen) atoms. The molecule has 0 radical (unpaired) electrons. The van der Waals surface area contributed by atoms with E-state index in [9.17, 15) is 13.2 Å². The molecule has 2 N–H and O–H groups in total. The quantitative estimate of drug-likeness (QED) is 0.891. The van der Waals surface area contributed by atoms with E-state index in [1.165, 1.54) is 16.4 Å². The first kappa shape index (κ1) is 15.0. The molecule has 1 saturated heterocycles. The Labute approximate surface area is 121 Å². The van der Waals surface area contributed by atoms with Crippen molar-refractivity contribution in [3.8, 4) is 6.07 Å². The summed E-state index contributed by atoms with van der Waals surface area (Å²) in [6, 6.07) is 4.91. The number of nitrogens with zero attached hydrogens (tertiary/aromatic N) is 2. The van der Waals surface area contributed by atoms with Gasteiger partial charge in [0, 0.05) is 19.5 Å². The number of rotatable bonds is 4. The zero-order valence-electron chi connectivity index (χ0n) is 10.8. The van der Waals surface area contributed by atoms with Gasteiger partial charge in [0.25, 0.3) is 10.0 Å². The Bertz CT molecular complexity index is 637. The van der Waals surface area contributed by atoms with Gasteiger partial charge in [-0.05, 0) is 30.9 Å². The molecule has 1 aromatic rings. The monoisotopic (exact) mass is 313 g/mol. The summed E-state index contributed by atoms with van der Waals surface area (Å²) in [4.78, 5) is 11.2. The maximum atomic E-state index is 12.4. The molecule has 0 saturated carbocycles. The number of primary amides is 1. The SMILES string of the molecule is N#Cc1ccc(S(=O)(=O)N2CCC(CC(N)=O)CC2)s1. The minimum absolute atomic E-state index is 0.164. The molecule has 1 aromatic heterocycles. The standard InChI is InChI=1S/C12H15N3O3S2/c13-8-10-1-2-12(19-10)20(17,18)15-5-3-9(4-6-15)7-11(14)16/h1-2,9H,3-7H2,(H2,14,16). The van der Waals surface area contributed by atoms with Crippen LogP contribution in [0.1, 0.15) is 24.1 Å². The summed E-state index contributed by atoms with van der Waals surface area (Å²) in [6.07, 6.45) is 1.59. The van der Waals surface area contributed by atoms with Crippen molar-refractivity contribution in [2.75, 3.05) is 13.1 Å². The van der Waals surface area contributed by atoms with Crippen LogP contribution < -0.4 is 5.73 Å². The molecule has 1 amide bonds. The Morgan fingerprint density at radius 3 is 2.60 bits per heavy atom. The molecule has 0 unspecified atom stereocenters. The zero-order chi connectivity index (χ0) is 14.8. The molecule has 2 heterocycles. The van der Waals surface area contributed by atoms with E-state index >= 15 is 0 Å². The number of hydrogen-bond donors (Lipinski definition) is 1. The van der Waals surface area contributed by atoms with Gasteiger partial charge < -0.3 is 5.73 Å². The van der Waals surface area contributed by atoms with Crippen LogP contribution in [0, 0.1) is 17.2 Å². The van der Waals surface area contributed by atoms with E-state index in [0.717, 1.165) is 11.3 Å². The lowest BCUT2D eigenvalue weighted by atomic mass is 9.94. The maximum Gasteiger partial charge on any atom is 0.252 e. The van der Waals surface area contributed by atoms with Gasteiger partial charge in [0.15, 0.2) is 0 Å². The number of thiophene rings is 1. The first-order valence-electron chi connectivity index (χ1n) is 6.22. The van der Waals surface area contributed by atoms with Gasteiger partial charge in [0.1, 0.15) is 15.2 Å². The van der Waals surface area contributed by atoms with Crippen molar-refractivity contribution in [1.82, 2.24) is 4.31 Å². The molecule has 0 aliphatic carbocycles. The lowest BCUT2D eigenvalue weighted by Gasteiger charge is -2.30. The van der Waals surface area contributed by atoms with Crippen molar-refractivity contribution in [3.05, 3.63) is 17.0 Å². The van der Waals surface area contributed by atoms with Crippen LogP contribution in [0.4, 0.5) is 0 Å². The van der Waals surface area contributed by atoms with Gasteiger partial charge >= 0.3 is 0 Å². The van der Waals surface area contributed by atoms with Crippen molar-refractivity contribution >= 4 is 27.3 Å². The van der Waals surface area contributed by atoms with E-state index in [1.54, 1.807) is 0 Å². The normalized spacial score (nSPS) is 17.8. The lowest BCUT2D eigenvalue weighted by molar-refractivity contribution is -0.119. The Balaban J connectivity index is 2.06. The Morgan fingerprint density at radius 2 is 2.10 bits per heavy atom. The van der Waals surface area contributed by atoms with Crippen molar-refractivity contribution in [2.24, 2.45) is 11.7 Å². The predicted octanol–water partition coefficient (Wildman–Crippen LogP) is 0.896. The molecular weight excluding hydrogens is 298 g/mol. The smallest absolute Gasteiger partial charge is 0.252 e. The predicted molar refractivity (Wildman–Crippen MR) is 74.3 cm³/mol. The van der Waals surface area contributed by atoms with Crippen LogP contribution in [0.3, 0.4) is 0 Å². The fourth-order valence-electron chi connectivity index (χ4n) is 2.28. The van der Waals surface area contributed by atoms with Gasteiger partial charge in [-0.25, -0.2) is 8.42 Å². The van der Waals surface area contributed by atoms with E-state index < -0.39 is 10.0 Å². The summed E-state index contributed by atoms with van der Waals surface area (Å²) in [5.74, 6) is -0.180. The molecule has 1 aliphatic rings. The van der Waals surface area contributed by atoms with E-state index in [2.05, 4.69) is 0 Å². The highest BCUT2D eigenvalue weighted by atomic mass is 32.2. The summed E-state index contributed by atoms with van der Waals surface area (Å²) < 4.78 is 26.4. The first-order valence-corrected chi connectivity index (χ1v) is 8.47. The first-order chi connectivity index (χ1) is 9.43. The maximum absolute atomic E-state index is 12.4. The van der Waals surface area contributed by atoms with Crippen LogP contribution in [0.5, 0.6) is 0 Å². The summed E-state index contributed by atoms with van der Waals surface area (Å²) in [6.45, 7) is 0.778. The summed E-state index contributed by atoms with van der Waals surface area (Å²) in [7, 11) is -3.52. The molecule has 0 spiro atoms. The third kappa shape index (κ3) is 3.17. The third-order valence-electron chi connectivity index (χ3n) is 3.35. The number of sulfonamides is 1. The van der Waals surface area contributed by atoms with Crippen LogP contribution in [0.25, 0.3) is 0 Å². The highest BCUT2D eigenvalue weighted by Gasteiger charge is 2.30. The van der Waals surface area contributed by atoms with Crippen LogP contribution >= 0.6 is 11.3 Å². The van der Waals surface area contributed by atoms with E-state index in [-0.39, 0.29) is 16.0 Å². The largest absolute Gasteiger partial charge is 0.370 e. The molecule has 0 aromatic carbocycles. The lowest BCUT2D eigenvalue weighted by Crippen LogP contribution is -2.38. The van der Waals surface area contributed by atoms with Crippen LogP contribution in [-0.4, -0.2) is 31.7 Å². The summed E-state index contributed by atoms with van der Waals surface area (Å²) >= 11 is 0.980. The molecule has 1 fully saturated rings. The minimum Gasteiger partial charge on any atom is -0.370 e. The molecule has 8 heteroatoms. The average Bonchev–Trinajstić information content (AvgIpc) is 2.88. The topological polar surface area (TPSA) is 104 Å². The van der Waals surface area contributed by atoms with E-state index in [0.29, 0.717) is 37.2 Å². The second kappa shape index (κ2) is 5.91. The molecule has 6 nitrogen and oxygen atoms in total. The summed E-state index contributed by atoms with van der Waals surface area (Å²) in [5.41, 5.74) is 5.15. The number of carbonyl (C=O) groups excluding carboxylic acids is 1. The van der Waals surface area contributed by atoms with Crippen LogP contribution in [0.2, 0.25) is 0 Å². The van der Waals surface area contributed by atoms with Crippen LogP contribution in [-0.2, 0) is 14.8 Å². The van der Waals surface area contributed by atoms with Crippen molar-refractivity contribution in [2.45, 2.75) is 23.5 Å². The Hall–Kier alpha value is -1.43. The van der Waals surface area contributed by atoms with Gasteiger partial charge in [0.05, 0.1) is 0 Å². The van der Waals surface area contributed by atoms with Gasteiger partial charge in [-0.1, -0.05) is 0 Å². The number of carbonyl (C=O) groups is 1. The zero-order valence-corrected chi connectivity index (χ0v) is 12.4. The Kier molecular flexibility index (Phi) is 4.42. The van der Waals surface area contributed by atoms with E-state index in [1.807, 2.05) is 6.07 Å². The number of amides is 1. The van der Waals surface area contributed by atoms with Crippen molar-refractivity contribution < 1.29 is 13.2 Å². The van der Waals surface area contributed by atoms with E-state index in [4.69, 9.17) is 11.0 Å². The van der Waals surface area contributed by atoms with Gasteiger partial charge in [-0.2, -0.15) is 9.57 Å². The molecular formula is C12H15N3O3S2. The molecule has 0 bridgehead atoms. The molecule has 0 atom stereocenters. The van der Waals surface area contributed by atoms with Gasteiger partial charge in [-0.15, -0.1) is 11.3 Å². The fourth-order valence-corrected chi connectivity index (χ4v) is 5.01. The minimum atomic E-state index is -3.52. The number of nitriles is 1. The number of nitrogens with two attached hydrogens (primary N) is 1. The van der Waals surface area contributed by atoms with Gasteiger partial charge in [0.2, 0.25) is 5.91 Å². The third-order valence-corrected chi connectivity index (χ3v) is 6.70. The fraction of sp³-hybridized carbons (Fsp3) is 0.500. The van der Waals surface area contributed by atoms with Crippen LogP contribution in [0.15, 0.2) is 16.3 Å².